The van der Waals surface area contributed by atoms with E-state index in [1.165, 1.54) is 0 Å². The number of amides is 2. The van der Waals surface area contributed by atoms with Crippen molar-refractivity contribution in [3.05, 3.63) is 0 Å². The average molecular weight is 230 g/mol. The summed E-state index contributed by atoms with van der Waals surface area (Å²) in [6, 6.07) is 0.127. The van der Waals surface area contributed by atoms with Crippen LogP contribution in [-0.4, -0.2) is 42.1 Å². The van der Waals surface area contributed by atoms with E-state index in [2.05, 4.69) is 19.2 Å². The Bertz CT molecular complexity index is 189. The third-order valence-electron chi connectivity index (χ3n) is 2.99. The van der Waals surface area contributed by atoms with Gasteiger partial charge < -0.3 is 10.2 Å². The molecule has 1 heterocycles. The van der Waals surface area contributed by atoms with E-state index >= 15 is 0 Å². The van der Waals surface area contributed by atoms with E-state index in [1.54, 1.807) is 0 Å². The first kappa shape index (κ1) is 12.7. The highest BCUT2D eigenvalue weighted by molar-refractivity contribution is 7.99. The minimum atomic E-state index is 0.127. The van der Waals surface area contributed by atoms with Crippen molar-refractivity contribution in [3.8, 4) is 0 Å². The Kier molecular flexibility index (Phi) is 5.91. The highest BCUT2D eigenvalue weighted by atomic mass is 32.2. The molecular weight excluding hydrogens is 208 g/mol. The summed E-state index contributed by atoms with van der Waals surface area (Å²) < 4.78 is 0. The van der Waals surface area contributed by atoms with Gasteiger partial charge in [0.05, 0.1) is 0 Å². The smallest absolute Gasteiger partial charge is 0.317 e. The van der Waals surface area contributed by atoms with Gasteiger partial charge in [0.25, 0.3) is 0 Å². The number of thioether (sulfide) groups is 1. The third-order valence-corrected chi connectivity index (χ3v) is 3.94. The third kappa shape index (κ3) is 4.33. The zero-order valence-electron chi connectivity index (χ0n) is 9.79. The van der Waals surface area contributed by atoms with Crippen molar-refractivity contribution in [1.29, 1.82) is 0 Å². The van der Waals surface area contributed by atoms with E-state index in [0.29, 0.717) is 5.92 Å². The van der Waals surface area contributed by atoms with Crippen LogP contribution < -0.4 is 5.32 Å². The summed E-state index contributed by atoms with van der Waals surface area (Å²) in [5.74, 6) is 2.80. The van der Waals surface area contributed by atoms with Crippen molar-refractivity contribution in [3.63, 3.8) is 0 Å². The molecule has 1 aliphatic heterocycles. The molecule has 0 aromatic heterocycles. The first-order chi connectivity index (χ1) is 7.27. The molecule has 1 N–H and O–H groups in total. The Labute approximate surface area is 97.0 Å². The Morgan fingerprint density at radius 3 is 2.47 bits per heavy atom. The normalized spacial score (nSPS) is 16.9. The fourth-order valence-corrected chi connectivity index (χ4v) is 2.59. The lowest BCUT2D eigenvalue weighted by Crippen LogP contribution is -2.45. The largest absolute Gasteiger partial charge is 0.338 e. The maximum Gasteiger partial charge on any atom is 0.317 e. The molecule has 2 amide bonds. The molecule has 0 radical (unpaired) electrons. The molecule has 0 atom stereocenters. The summed E-state index contributed by atoms with van der Waals surface area (Å²) in [6.07, 6.45) is 2.29. The summed E-state index contributed by atoms with van der Waals surface area (Å²) in [7, 11) is 0. The molecule has 4 heteroatoms. The summed E-state index contributed by atoms with van der Waals surface area (Å²) in [5.41, 5.74) is 0. The number of hydrogen-bond donors (Lipinski definition) is 1. The monoisotopic (exact) mass is 230 g/mol. The predicted octanol–water partition coefficient (Wildman–Crippen LogP) is 2.18. The molecule has 0 aliphatic carbocycles. The molecule has 0 aromatic carbocycles. The number of carbonyl (C=O) groups excluding carboxylic acids is 1. The SMILES string of the molecule is CCC(CC)CNC(=O)N1CCSCC1. The highest BCUT2D eigenvalue weighted by Gasteiger charge is 2.16. The number of carbonyl (C=O) groups is 1. The van der Waals surface area contributed by atoms with Crippen molar-refractivity contribution in [2.24, 2.45) is 5.92 Å². The quantitative estimate of drug-likeness (QED) is 0.803. The molecule has 0 aromatic rings. The standard InChI is InChI=1S/C11H22N2OS/c1-3-10(4-2)9-12-11(14)13-5-7-15-8-6-13/h10H,3-9H2,1-2H3,(H,12,14). The van der Waals surface area contributed by atoms with Crippen LogP contribution in [0.1, 0.15) is 26.7 Å². The van der Waals surface area contributed by atoms with Gasteiger partial charge >= 0.3 is 6.03 Å². The molecule has 1 rings (SSSR count). The second-order valence-electron chi connectivity index (χ2n) is 3.97. The molecule has 88 valence electrons. The van der Waals surface area contributed by atoms with Crippen molar-refractivity contribution in [1.82, 2.24) is 10.2 Å². The van der Waals surface area contributed by atoms with Gasteiger partial charge in [-0.2, -0.15) is 11.8 Å². The van der Waals surface area contributed by atoms with E-state index in [9.17, 15) is 4.79 Å². The Balaban J connectivity index is 2.22. The van der Waals surface area contributed by atoms with Gasteiger partial charge in [-0.25, -0.2) is 4.79 Å². The fourth-order valence-electron chi connectivity index (χ4n) is 1.69. The molecule has 0 unspecified atom stereocenters. The van der Waals surface area contributed by atoms with Gasteiger partial charge in [-0.15, -0.1) is 0 Å². The van der Waals surface area contributed by atoms with Gasteiger partial charge in [0.2, 0.25) is 0 Å². The zero-order valence-corrected chi connectivity index (χ0v) is 10.6. The molecule has 1 saturated heterocycles. The molecule has 15 heavy (non-hydrogen) atoms. The number of nitrogens with zero attached hydrogens (tertiary/aromatic N) is 1. The summed E-state index contributed by atoms with van der Waals surface area (Å²) in [6.45, 7) is 6.99. The van der Waals surface area contributed by atoms with Gasteiger partial charge in [-0.1, -0.05) is 26.7 Å². The van der Waals surface area contributed by atoms with Crippen LogP contribution in [0.2, 0.25) is 0 Å². The van der Waals surface area contributed by atoms with E-state index in [1.807, 2.05) is 16.7 Å². The number of rotatable bonds is 4. The summed E-state index contributed by atoms with van der Waals surface area (Å²) >= 11 is 1.93. The van der Waals surface area contributed by atoms with Gasteiger partial charge in [-0.05, 0) is 5.92 Å². The molecule has 0 spiro atoms. The highest BCUT2D eigenvalue weighted by Crippen LogP contribution is 2.10. The second-order valence-corrected chi connectivity index (χ2v) is 5.19. The zero-order chi connectivity index (χ0) is 11.1. The minimum absolute atomic E-state index is 0.127. The van der Waals surface area contributed by atoms with Gasteiger partial charge in [0.15, 0.2) is 0 Å². The average Bonchev–Trinajstić information content (AvgIpc) is 2.31. The maximum atomic E-state index is 11.7. The van der Waals surface area contributed by atoms with Gasteiger partial charge in [0, 0.05) is 31.1 Å². The van der Waals surface area contributed by atoms with Crippen molar-refractivity contribution >= 4 is 17.8 Å². The fraction of sp³-hybridized carbons (Fsp3) is 0.909. The summed E-state index contributed by atoms with van der Waals surface area (Å²) in [5, 5.41) is 3.03. The van der Waals surface area contributed by atoms with Crippen LogP contribution in [-0.2, 0) is 0 Å². The van der Waals surface area contributed by atoms with Crippen LogP contribution in [0, 0.1) is 5.92 Å². The lowest BCUT2D eigenvalue weighted by atomic mass is 10.0. The molecular formula is C11H22N2OS. The number of hydrogen-bond acceptors (Lipinski definition) is 2. The molecule has 0 bridgehead atoms. The van der Waals surface area contributed by atoms with Crippen LogP contribution in [0.4, 0.5) is 4.79 Å². The lowest BCUT2D eigenvalue weighted by molar-refractivity contribution is 0.200. The predicted molar refractivity (Wildman–Crippen MR) is 66.4 cm³/mol. The van der Waals surface area contributed by atoms with Gasteiger partial charge in [0.1, 0.15) is 0 Å². The molecule has 0 saturated carbocycles. The van der Waals surface area contributed by atoms with Crippen molar-refractivity contribution in [2.45, 2.75) is 26.7 Å². The van der Waals surface area contributed by atoms with Gasteiger partial charge in [-0.3, -0.25) is 0 Å². The van der Waals surface area contributed by atoms with Crippen LogP contribution in [0.3, 0.4) is 0 Å². The number of urea groups is 1. The second kappa shape index (κ2) is 6.99. The van der Waals surface area contributed by atoms with Crippen LogP contribution >= 0.6 is 11.8 Å². The Morgan fingerprint density at radius 2 is 1.93 bits per heavy atom. The first-order valence-corrected chi connectivity index (χ1v) is 7.03. The van der Waals surface area contributed by atoms with Crippen molar-refractivity contribution in [2.75, 3.05) is 31.1 Å². The maximum absolute atomic E-state index is 11.7. The first-order valence-electron chi connectivity index (χ1n) is 5.88. The minimum Gasteiger partial charge on any atom is -0.338 e. The van der Waals surface area contributed by atoms with Crippen LogP contribution in [0.15, 0.2) is 0 Å². The van der Waals surface area contributed by atoms with Crippen molar-refractivity contribution < 1.29 is 4.79 Å². The molecule has 1 fully saturated rings. The van der Waals surface area contributed by atoms with Crippen LogP contribution in [0.5, 0.6) is 0 Å². The topological polar surface area (TPSA) is 32.3 Å². The van der Waals surface area contributed by atoms with E-state index in [4.69, 9.17) is 0 Å². The Hall–Kier alpha value is -0.380. The molecule has 3 nitrogen and oxygen atoms in total. The number of nitrogens with one attached hydrogen (secondary N) is 1. The van der Waals surface area contributed by atoms with Crippen LogP contribution in [0.25, 0.3) is 0 Å². The summed E-state index contributed by atoms with van der Waals surface area (Å²) in [4.78, 5) is 13.7. The lowest BCUT2D eigenvalue weighted by Gasteiger charge is -2.27. The Morgan fingerprint density at radius 1 is 1.33 bits per heavy atom. The molecule has 1 aliphatic rings. The van der Waals surface area contributed by atoms with E-state index in [0.717, 1.165) is 44.0 Å². The van der Waals surface area contributed by atoms with E-state index in [-0.39, 0.29) is 6.03 Å². The van der Waals surface area contributed by atoms with E-state index < -0.39 is 0 Å².